The molecule has 0 bridgehead atoms. The summed E-state index contributed by atoms with van der Waals surface area (Å²) >= 11 is 0. The van der Waals surface area contributed by atoms with Gasteiger partial charge in [-0.3, -0.25) is 4.90 Å². The molecule has 0 N–H and O–H groups in total. The molecule has 2 aliphatic rings. The Balaban J connectivity index is 1.66. The summed E-state index contributed by atoms with van der Waals surface area (Å²) in [4.78, 5) is 7.03. The van der Waals surface area contributed by atoms with Crippen LogP contribution in [0.25, 0.3) is 5.57 Å². The highest BCUT2D eigenvalue weighted by atomic mass is 16.5. The van der Waals surface area contributed by atoms with Crippen molar-refractivity contribution in [2.24, 2.45) is 0 Å². The maximum atomic E-state index is 6.28. The number of aromatic nitrogens is 1. The normalized spacial score (nSPS) is 21.1. The number of rotatable bonds is 3. The molecule has 0 amide bonds. The molecule has 1 aromatic rings. The van der Waals surface area contributed by atoms with E-state index in [2.05, 4.69) is 42.8 Å². The van der Waals surface area contributed by atoms with Crippen molar-refractivity contribution in [3.05, 3.63) is 30.0 Å². The second-order valence-electron chi connectivity index (χ2n) is 7.39. The number of ether oxygens (including phenoxy) is 2. The zero-order valence-electron chi connectivity index (χ0n) is 14.5. The molecule has 2 aliphatic heterocycles. The number of nitrogens with zero attached hydrogens (tertiary/aromatic N) is 2. The molecule has 0 saturated carbocycles. The average Bonchev–Trinajstić information content (AvgIpc) is 2.56. The van der Waals surface area contributed by atoms with Gasteiger partial charge in [0, 0.05) is 30.4 Å². The van der Waals surface area contributed by atoms with Crippen molar-refractivity contribution in [2.75, 3.05) is 26.3 Å². The third-order valence-corrected chi connectivity index (χ3v) is 4.75. The molecule has 4 nitrogen and oxygen atoms in total. The van der Waals surface area contributed by atoms with Gasteiger partial charge in [-0.05, 0) is 57.7 Å². The first kappa shape index (κ1) is 16.5. The van der Waals surface area contributed by atoms with Crippen molar-refractivity contribution in [1.82, 2.24) is 9.88 Å². The van der Waals surface area contributed by atoms with Gasteiger partial charge >= 0.3 is 0 Å². The van der Waals surface area contributed by atoms with Crippen LogP contribution in [-0.4, -0.2) is 47.8 Å². The largest absolute Gasteiger partial charge is 0.474 e. The minimum atomic E-state index is 0.244. The van der Waals surface area contributed by atoms with Crippen LogP contribution in [0, 0.1) is 0 Å². The predicted octanol–water partition coefficient (Wildman–Crippen LogP) is 3.53. The molecule has 23 heavy (non-hydrogen) atoms. The Morgan fingerprint density at radius 2 is 2.04 bits per heavy atom. The van der Waals surface area contributed by atoms with E-state index in [0.717, 1.165) is 50.4 Å². The summed E-state index contributed by atoms with van der Waals surface area (Å²) in [5.74, 6) is 0.787. The van der Waals surface area contributed by atoms with Crippen molar-refractivity contribution in [2.45, 2.75) is 51.7 Å². The van der Waals surface area contributed by atoms with Gasteiger partial charge in [-0.2, -0.15) is 0 Å². The number of likely N-dealkylation sites (tertiary alicyclic amines) is 1. The van der Waals surface area contributed by atoms with Crippen LogP contribution in [0.1, 0.15) is 45.6 Å². The summed E-state index contributed by atoms with van der Waals surface area (Å²) in [5, 5.41) is 0. The molecule has 1 fully saturated rings. The van der Waals surface area contributed by atoms with Gasteiger partial charge in [0.25, 0.3) is 0 Å². The molecule has 1 aromatic heterocycles. The van der Waals surface area contributed by atoms with E-state index in [1.54, 1.807) is 0 Å². The quantitative estimate of drug-likeness (QED) is 0.854. The Labute approximate surface area is 139 Å². The van der Waals surface area contributed by atoms with Gasteiger partial charge in [0.2, 0.25) is 5.88 Å². The monoisotopic (exact) mass is 316 g/mol. The van der Waals surface area contributed by atoms with E-state index in [9.17, 15) is 0 Å². The molecule has 0 atom stereocenters. The topological polar surface area (TPSA) is 34.6 Å². The van der Waals surface area contributed by atoms with E-state index in [0.29, 0.717) is 6.61 Å². The van der Waals surface area contributed by atoms with Gasteiger partial charge in [-0.25, -0.2) is 4.98 Å². The van der Waals surface area contributed by atoms with Crippen LogP contribution in [0.5, 0.6) is 5.88 Å². The lowest BCUT2D eigenvalue weighted by atomic mass is 9.99. The first-order valence-electron chi connectivity index (χ1n) is 8.68. The molecule has 0 radical (unpaired) electrons. The van der Waals surface area contributed by atoms with Crippen LogP contribution in [0.15, 0.2) is 24.4 Å². The zero-order chi connectivity index (χ0) is 16.3. The third kappa shape index (κ3) is 4.12. The second kappa shape index (κ2) is 7.02. The molecule has 0 unspecified atom stereocenters. The summed E-state index contributed by atoms with van der Waals surface area (Å²) in [6.45, 7) is 10.5. The molecule has 0 spiro atoms. The van der Waals surface area contributed by atoms with Crippen molar-refractivity contribution in [3.8, 4) is 5.88 Å². The smallest absolute Gasteiger partial charge is 0.221 e. The number of hydrogen-bond donors (Lipinski definition) is 0. The average molecular weight is 316 g/mol. The molecule has 3 rings (SSSR count). The summed E-state index contributed by atoms with van der Waals surface area (Å²) < 4.78 is 11.7. The first-order valence-corrected chi connectivity index (χ1v) is 8.68. The minimum absolute atomic E-state index is 0.244. The van der Waals surface area contributed by atoms with E-state index >= 15 is 0 Å². The third-order valence-electron chi connectivity index (χ3n) is 4.75. The molecule has 0 aliphatic carbocycles. The van der Waals surface area contributed by atoms with Crippen LogP contribution in [0.4, 0.5) is 0 Å². The van der Waals surface area contributed by atoms with Crippen molar-refractivity contribution < 1.29 is 9.47 Å². The Morgan fingerprint density at radius 3 is 2.70 bits per heavy atom. The van der Waals surface area contributed by atoms with Gasteiger partial charge < -0.3 is 9.47 Å². The summed E-state index contributed by atoms with van der Waals surface area (Å²) in [6, 6.07) is 4.10. The van der Waals surface area contributed by atoms with Crippen LogP contribution in [0.3, 0.4) is 0 Å². The maximum absolute atomic E-state index is 6.28. The Hall–Kier alpha value is -1.39. The van der Waals surface area contributed by atoms with Crippen LogP contribution in [-0.2, 0) is 4.74 Å². The first-order chi connectivity index (χ1) is 11.0. The van der Waals surface area contributed by atoms with E-state index in [-0.39, 0.29) is 11.6 Å². The van der Waals surface area contributed by atoms with Crippen molar-refractivity contribution >= 4 is 5.57 Å². The Bertz CT molecular complexity index is 555. The maximum Gasteiger partial charge on any atom is 0.221 e. The SMILES string of the molecule is CC(C)(C)N1CCC(Oc2ncccc2C2=CCOCC2)CC1. The van der Waals surface area contributed by atoms with Crippen LogP contribution < -0.4 is 4.74 Å². The lowest BCUT2D eigenvalue weighted by molar-refractivity contribution is 0.0470. The molecule has 4 heteroatoms. The van der Waals surface area contributed by atoms with E-state index in [1.165, 1.54) is 5.57 Å². The molecule has 0 aromatic carbocycles. The molecular weight excluding hydrogens is 288 g/mol. The summed E-state index contributed by atoms with van der Waals surface area (Å²) in [5.41, 5.74) is 2.68. The van der Waals surface area contributed by atoms with Crippen molar-refractivity contribution in [1.29, 1.82) is 0 Å². The van der Waals surface area contributed by atoms with Gasteiger partial charge in [0.05, 0.1) is 13.2 Å². The lowest BCUT2D eigenvalue weighted by Gasteiger charge is -2.40. The highest BCUT2D eigenvalue weighted by molar-refractivity contribution is 5.69. The van der Waals surface area contributed by atoms with E-state index < -0.39 is 0 Å². The van der Waals surface area contributed by atoms with Crippen LogP contribution in [0.2, 0.25) is 0 Å². The van der Waals surface area contributed by atoms with Gasteiger partial charge in [0.1, 0.15) is 6.10 Å². The Kier molecular flexibility index (Phi) is 5.02. The molecule has 126 valence electrons. The van der Waals surface area contributed by atoms with Gasteiger partial charge in [-0.1, -0.05) is 6.08 Å². The van der Waals surface area contributed by atoms with Gasteiger partial charge in [0.15, 0.2) is 0 Å². The summed E-state index contributed by atoms with van der Waals surface area (Å²) in [6.07, 6.45) is 7.30. The number of hydrogen-bond acceptors (Lipinski definition) is 4. The fourth-order valence-electron chi connectivity index (χ4n) is 3.30. The lowest BCUT2D eigenvalue weighted by Crippen LogP contribution is -2.48. The highest BCUT2D eigenvalue weighted by Crippen LogP contribution is 2.30. The highest BCUT2D eigenvalue weighted by Gasteiger charge is 2.28. The predicted molar refractivity (Wildman–Crippen MR) is 92.6 cm³/mol. The molecule has 3 heterocycles. The molecule has 1 saturated heterocycles. The van der Waals surface area contributed by atoms with Crippen LogP contribution >= 0.6 is 0 Å². The van der Waals surface area contributed by atoms with E-state index in [4.69, 9.17) is 9.47 Å². The second-order valence-corrected chi connectivity index (χ2v) is 7.39. The number of pyridine rings is 1. The van der Waals surface area contributed by atoms with Gasteiger partial charge in [-0.15, -0.1) is 0 Å². The number of piperidine rings is 1. The van der Waals surface area contributed by atoms with Crippen molar-refractivity contribution in [3.63, 3.8) is 0 Å². The fraction of sp³-hybridized carbons (Fsp3) is 0.632. The molecular formula is C19H28N2O2. The summed E-state index contributed by atoms with van der Waals surface area (Å²) in [7, 11) is 0. The minimum Gasteiger partial charge on any atom is -0.474 e. The van der Waals surface area contributed by atoms with E-state index in [1.807, 2.05) is 12.3 Å². The fourth-order valence-corrected chi connectivity index (χ4v) is 3.30. The zero-order valence-corrected chi connectivity index (χ0v) is 14.5. The Morgan fingerprint density at radius 1 is 1.26 bits per heavy atom. The standard InChI is InChI=1S/C19H28N2O2/c1-19(2,3)21-11-6-16(7-12-21)23-18-17(5-4-10-20-18)15-8-13-22-14-9-15/h4-5,8,10,16H,6-7,9,11-14H2,1-3H3.